The monoisotopic (exact) mass is 266 g/mol. The molecule has 0 aliphatic heterocycles. The Hall–Kier alpha value is -0.620. The van der Waals surface area contributed by atoms with E-state index >= 15 is 0 Å². The molecule has 0 unspecified atom stereocenters. The molecule has 0 aliphatic rings. The third-order valence-electron chi connectivity index (χ3n) is 2.21. The smallest absolute Gasteiger partial charge is 0.349 e. The Balaban J connectivity index is 2.40. The summed E-state index contributed by atoms with van der Waals surface area (Å²) in [7, 11) is 0. The molecule has 1 rings (SSSR count). The summed E-state index contributed by atoms with van der Waals surface area (Å²) < 4.78 is 37.8. The molecule has 0 atom stereocenters. The van der Waals surface area contributed by atoms with E-state index < -0.39 is 5.51 Å². The second-order valence-electron chi connectivity index (χ2n) is 4.02. The van der Waals surface area contributed by atoms with Crippen molar-refractivity contribution in [2.45, 2.75) is 38.5 Å². The van der Waals surface area contributed by atoms with Crippen LogP contribution in [0.5, 0.6) is 0 Å². The second kappa shape index (κ2) is 6.35. The van der Waals surface area contributed by atoms with Crippen LogP contribution in [0.3, 0.4) is 0 Å². The van der Waals surface area contributed by atoms with E-state index in [1.54, 1.807) is 0 Å². The Bertz CT molecular complexity index is 334. The summed E-state index contributed by atoms with van der Waals surface area (Å²) >= 11 is 0.0237. The first-order valence-corrected chi connectivity index (χ1v) is 6.45. The van der Waals surface area contributed by atoms with Crippen molar-refractivity contribution in [2.75, 3.05) is 5.75 Å². The first-order valence-electron chi connectivity index (χ1n) is 5.46. The maximum absolute atomic E-state index is 12.0. The topological polar surface area (TPSA) is 17.0 Å². The van der Waals surface area contributed by atoms with Crippen LogP contribution < -0.4 is 5.32 Å². The van der Waals surface area contributed by atoms with Gasteiger partial charge in [0, 0.05) is 36.8 Å². The molecule has 0 aromatic carbocycles. The number of halogens is 3. The molecule has 0 aliphatic carbocycles. The van der Waals surface area contributed by atoms with Crippen molar-refractivity contribution in [2.24, 2.45) is 0 Å². The lowest BCUT2D eigenvalue weighted by atomic mass is 10.3. The van der Waals surface area contributed by atoms with Crippen LogP contribution in [-0.2, 0) is 13.1 Å². The zero-order valence-corrected chi connectivity index (χ0v) is 10.7. The van der Waals surface area contributed by atoms with Crippen molar-refractivity contribution < 1.29 is 13.2 Å². The van der Waals surface area contributed by atoms with Crippen molar-refractivity contribution in [1.29, 1.82) is 0 Å². The lowest BCUT2D eigenvalue weighted by molar-refractivity contribution is -0.0328. The van der Waals surface area contributed by atoms with Crippen molar-refractivity contribution in [1.82, 2.24) is 9.88 Å². The van der Waals surface area contributed by atoms with Gasteiger partial charge in [-0.2, -0.15) is 13.2 Å². The molecular formula is C11H17F3N2S. The predicted molar refractivity (Wildman–Crippen MR) is 64.9 cm³/mol. The minimum atomic E-state index is -4.14. The number of thioether (sulfide) groups is 1. The molecule has 17 heavy (non-hydrogen) atoms. The molecule has 0 spiro atoms. The van der Waals surface area contributed by atoms with E-state index in [1.807, 2.05) is 36.7 Å². The number of nitrogens with one attached hydrogen (secondary N) is 1. The molecule has 0 amide bonds. The van der Waals surface area contributed by atoms with Gasteiger partial charge in [-0.3, -0.25) is 0 Å². The van der Waals surface area contributed by atoms with Crippen LogP contribution in [0, 0.1) is 0 Å². The standard InChI is InChI=1S/C11H17F3N2S/c1-9(2)15-8-10-4-3-5-16(10)6-7-17-11(12,13)14/h3-5,9,15H,6-8H2,1-2H3. The van der Waals surface area contributed by atoms with Gasteiger partial charge in [0.25, 0.3) is 0 Å². The molecule has 98 valence electrons. The number of rotatable bonds is 6. The van der Waals surface area contributed by atoms with Gasteiger partial charge in [-0.25, -0.2) is 0 Å². The summed E-state index contributed by atoms with van der Waals surface area (Å²) in [6.07, 6.45) is 1.81. The summed E-state index contributed by atoms with van der Waals surface area (Å²) in [5, 5.41) is 3.25. The summed E-state index contributed by atoms with van der Waals surface area (Å²) in [4.78, 5) is 0. The maximum Gasteiger partial charge on any atom is 0.441 e. The summed E-state index contributed by atoms with van der Waals surface area (Å²) in [6, 6.07) is 4.14. The van der Waals surface area contributed by atoms with E-state index in [-0.39, 0.29) is 17.5 Å². The highest BCUT2D eigenvalue weighted by Crippen LogP contribution is 2.30. The first kappa shape index (κ1) is 14.4. The average molecular weight is 266 g/mol. The second-order valence-corrected chi connectivity index (χ2v) is 5.18. The van der Waals surface area contributed by atoms with Crippen LogP contribution in [-0.4, -0.2) is 21.9 Å². The zero-order valence-electron chi connectivity index (χ0n) is 9.92. The van der Waals surface area contributed by atoms with E-state index in [2.05, 4.69) is 5.32 Å². The molecule has 1 heterocycles. The highest BCUT2D eigenvalue weighted by molar-refractivity contribution is 8.00. The van der Waals surface area contributed by atoms with Gasteiger partial charge in [-0.05, 0) is 23.9 Å². The predicted octanol–water partition coefficient (Wildman–Crippen LogP) is 3.24. The van der Waals surface area contributed by atoms with Crippen molar-refractivity contribution in [3.63, 3.8) is 0 Å². The van der Waals surface area contributed by atoms with Gasteiger partial charge in [0.2, 0.25) is 0 Å². The molecule has 6 heteroatoms. The third-order valence-corrected chi connectivity index (χ3v) is 2.93. The van der Waals surface area contributed by atoms with Gasteiger partial charge >= 0.3 is 5.51 Å². The van der Waals surface area contributed by atoms with E-state index in [9.17, 15) is 13.2 Å². The highest BCUT2D eigenvalue weighted by Gasteiger charge is 2.27. The number of hydrogen-bond donors (Lipinski definition) is 1. The Kier molecular flexibility index (Phi) is 5.39. The molecule has 0 saturated heterocycles. The molecule has 0 fully saturated rings. The van der Waals surface area contributed by atoms with Gasteiger partial charge in [0.05, 0.1) is 0 Å². The van der Waals surface area contributed by atoms with Gasteiger partial charge in [0.15, 0.2) is 0 Å². The van der Waals surface area contributed by atoms with Crippen molar-refractivity contribution in [3.05, 3.63) is 24.0 Å². The molecule has 0 radical (unpaired) electrons. The maximum atomic E-state index is 12.0. The lowest BCUT2D eigenvalue weighted by Crippen LogP contribution is -2.23. The summed E-state index contributed by atoms with van der Waals surface area (Å²) in [5.74, 6) is 0.0485. The number of nitrogens with zero attached hydrogens (tertiary/aromatic N) is 1. The van der Waals surface area contributed by atoms with Crippen LogP contribution in [0.4, 0.5) is 13.2 Å². The minimum absolute atomic E-state index is 0.0237. The fourth-order valence-electron chi connectivity index (χ4n) is 1.40. The van der Waals surface area contributed by atoms with Gasteiger partial charge in [-0.1, -0.05) is 13.8 Å². The molecule has 0 bridgehead atoms. The third kappa shape index (κ3) is 6.02. The van der Waals surface area contributed by atoms with E-state index in [0.717, 1.165) is 5.69 Å². The molecule has 0 saturated carbocycles. The first-order chi connectivity index (χ1) is 7.88. The summed E-state index contributed by atoms with van der Waals surface area (Å²) in [6.45, 7) is 5.13. The van der Waals surface area contributed by atoms with Crippen molar-refractivity contribution >= 4 is 11.8 Å². The average Bonchev–Trinajstić information content (AvgIpc) is 2.60. The Morgan fingerprint density at radius 2 is 2.12 bits per heavy atom. The van der Waals surface area contributed by atoms with Crippen LogP contribution in [0.2, 0.25) is 0 Å². The molecule has 2 nitrogen and oxygen atoms in total. The largest absolute Gasteiger partial charge is 0.441 e. The number of hydrogen-bond acceptors (Lipinski definition) is 2. The zero-order chi connectivity index (χ0) is 12.9. The Morgan fingerprint density at radius 3 is 2.71 bits per heavy atom. The van der Waals surface area contributed by atoms with Crippen molar-refractivity contribution in [3.8, 4) is 0 Å². The molecule has 1 aromatic rings. The van der Waals surface area contributed by atoms with Crippen LogP contribution in [0.15, 0.2) is 18.3 Å². The number of aryl methyl sites for hydroxylation is 1. The van der Waals surface area contributed by atoms with Gasteiger partial charge in [-0.15, -0.1) is 0 Å². The van der Waals surface area contributed by atoms with Gasteiger partial charge in [0.1, 0.15) is 0 Å². The Morgan fingerprint density at radius 1 is 1.41 bits per heavy atom. The lowest BCUT2D eigenvalue weighted by Gasteiger charge is -2.12. The van der Waals surface area contributed by atoms with Gasteiger partial charge < -0.3 is 9.88 Å². The SMILES string of the molecule is CC(C)NCc1cccn1CCSC(F)(F)F. The molecular weight excluding hydrogens is 249 g/mol. The van der Waals surface area contributed by atoms with Crippen LogP contribution in [0.1, 0.15) is 19.5 Å². The fourth-order valence-corrected chi connectivity index (χ4v) is 1.92. The molecule has 1 N–H and O–H groups in total. The molecule has 1 aromatic heterocycles. The number of alkyl halides is 3. The fraction of sp³-hybridized carbons (Fsp3) is 0.636. The minimum Gasteiger partial charge on any atom is -0.349 e. The normalized spacial score (nSPS) is 12.4. The van der Waals surface area contributed by atoms with E-state index in [0.29, 0.717) is 19.1 Å². The van der Waals surface area contributed by atoms with E-state index in [1.165, 1.54) is 0 Å². The number of aromatic nitrogens is 1. The quantitative estimate of drug-likeness (QED) is 0.851. The van der Waals surface area contributed by atoms with Crippen LogP contribution in [0.25, 0.3) is 0 Å². The van der Waals surface area contributed by atoms with Crippen LogP contribution >= 0.6 is 11.8 Å². The summed E-state index contributed by atoms with van der Waals surface area (Å²) in [5.41, 5.74) is -3.12. The highest BCUT2D eigenvalue weighted by atomic mass is 32.2. The van der Waals surface area contributed by atoms with E-state index in [4.69, 9.17) is 0 Å². The Labute approximate surface area is 104 Å².